The van der Waals surface area contributed by atoms with Gasteiger partial charge in [0, 0.05) is 16.2 Å². The van der Waals surface area contributed by atoms with E-state index in [1.54, 1.807) is 0 Å². The van der Waals surface area contributed by atoms with Gasteiger partial charge in [0.15, 0.2) is 5.58 Å². The minimum Gasteiger partial charge on any atom is -0.455 e. The fourth-order valence-corrected chi connectivity index (χ4v) is 4.78. The number of rotatable bonds is 2. The van der Waals surface area contributed by atoms with Crippen molar-refractivity contribution in [1.82, 2.24) is 0 Å². The lowest BCUT2D eigenvalue weighted by molar-refractivity contribution is 0.480. The van der Waals surface area contributed by atoms with E-state index in [0.29, 0.717) is 0 Å². The molecule has 0 aliphatic carbocycles. The van der Waals surface area contributed by atoms with Crippen LogP contribution in [0.4, 0.5) is 0 Å². The number of hydrogen-bond donors (Lipinski definition) is 2. The minimum absolute atomic E-state index is 0.00242. The molecule has 0 aliphatic heterocycles. The van der Waals surface area contributed by atoms with Crippen LogP contribution in [0.2, 0.25) is 0 Å². The first kappa shape index (κ1) is 18.7. The van der Waals surface area contributed by atoms with Gasteiger partial charge in [-0.3, -0.25) is 9.11 Å². The maximum Gasteiger partial charge on any atom is 0.346 e. The van der Waals surface area contributed by atoms with Gasteiger partial charge in [-0.25, -0.2) is 9.59 Å². The predicted octanol–water partition coefficient (Wildman–Crippen LogP) is 2.14. The summed E-state index contributed by atoms with van der Waals surface area (Å²) >= 11 is 0. The molecule has 0 unspecified atom stereocenters. The zero-order valence-electron chi connectivity index (χ0n) is 14.4. The van der Waals surface area contributed by atoms with E-state index in [0.717, 1.165) is 18.2 Å². The van der Waals surface area contributed by atoms with Crippen molar-refractivity contribution in [3.63, 3.8) is 0 Å². The first-order valence-corrected chi connectivity index (χ1v) is 11.0. The Balaban J connectivity index is 2.19. The maximum absolute atomic E-state index is 12.2. The second-order valence-corrected chi connectivity index (χ2v) is 9.36. The molecule has 0 atom stereocenters. The molecule has 2 aromatic heterocycles. The van der Waals surface area contributed by atoms with E-state index in [2.05, 4.69) is 4.42 Å². The van der Waals surface area contributed by atoms with Gasteiger partial charge >= 0.3 is 11.3 Å². The molecule has 0 bridgehead atoms. The highest BCUT2D eigenvalue weighted by atomic mass is 32.2. The lowest BCUT2D eigenvalue weighted by Gasteiger charge is -2.13. The smallest absolute Gasteiger partial charge is 0.346 e. The van der Waals surface area contributed by atoms with Crippen LogP contribution in [-0.2, 0) is 20.2 Å². The van der Waals surface area contributed by atoms with Gasteiger partial charge in [0.2, 0.25) is 0 Å². The fraction of sp³-hybridized carbons (Fsp3) is 0. The molecule has 2 heterocycles. The zero-order valence-corrected chi connectivity index (χ0v) is 16.1. The van der Waals surface area contributed by atoms with Crippen LogP contribution >= 0.6 is 0 Å². The average Bonchev–Trinajstić information content (AvgIpc) is 2.65. The summed E-state index contributed by atoms with van der Waals surface area (Å²) in [5, 5.41) is 0.112. The third-order valence-corrected chi connectivity index (χ3v) is 6.56. The molecule has 0 amide bonds. The van der Waals surface area contributed by atoms with Crippen molar-refractivity contribution in [2.24, 2.45) is 0 Å². The van der Waals surface area contributed by atoms with Gasteiger partial charge in [-0.05, 0) is 35.7 Å². The Kier molecular flexibility index (Phi) is 3.51. The van der Waals surface area contributed by atoms with Crippen LogP contribution in [-0.4, -0.2) is 25.9 Å². The molecule has 0 spiro atoms. The number of hydrogen-bond acceptors (Lipinski definition) is 8. The molecule has 0 saturated carbocycles. The van der Waals surface area contributed by atoms with E-state index in [1.807, 2.05) is 0 Å². The first-order chi connectivity index (χ1) is 14.0. The van der Waals surface area contributed by atoms with Crippen LogP contribution in [0.3, 0.4) is 0 Å². The Morgan fingerprint density at radius 2 is 1.33 bits per heavy atom. The molecule has 0 radical (unpaired) electrons. The summed E-state index contributed by atoms with van der Waals surface area (Å²) in [6, 6.07) is 6.94. The third-order valence-electron chi connectivity index (χ3n) is 4.86. The van der Waals surface area contributed by atoms with Crippen LogP contribution < -0.4 is 11.3 Å². The highest BCUT2D eigenvalue weighted by Crippen LogP contribution is 2.40. The molecule has 5 rings (SSSR count). The van der Waals surface area contributed by atoms with Crippen molar-refractivity contribution in [2.75, 3.05) is 0 Å². The molecule has 0 fully saturated rings. The van der Waals surface area contributed by atoms with Crippen LogP contribution in [0, 0.1) is 0 Å². The molecule has 0 saturated heterocycles. The van der Waals surface area contributed by atoms with Gasteiger partial charge in [0.05, 0.1) is 15.7 Å². The minimum atomic E-state index is -4.87. The van der Waals surface area contributed by atoms with Crippen LogP contribution in [0.25, 0.3) is 43.5 Å². The molecule has 12 heteroatoms. The molecule has 10 nitrogen and oxygen atoms in total. The van der Waals surface area contributed by atoms with Crippen molar-refractivity contribution >= 4 is 63.7 Å². The summed E-state index contributed by atoms with van der Waals surface area (Å²) in [4.78, 5) is 23.2. The van der Waals surface area contributed by atoms with Gasteiger partial charge in [-0.15, -0.1) is 0 Å². The largest absolute Gasteiger partial charge is 0.455 e. The van der Waals surface area contributed by atoms with E-state index < -0.39 is 41.3 Å². The maximum atomic E-state index is 12.2. The summed E-state index contributed by atoms with van der Waals surface area (Å²) < 4.78 is 76.3. The van der Waals surface area contributed by atoms with E-state index >= 15 is 0 Å². The number of benzene rings is 3. The van der Waals surface area contributed by atoms with Gasteiger partial charge in [-0.1, -0.05) is 6.07 Å². The molecular weight excluding hydrogens is 440 g/mol. The standard InChI is InChI=1S/C18H8O10S2/c19-17-9-3-2-8-10-5-7(29(21,22)23)1-4-12(10)27-16-13(30(24,25)26)6-11(18(20)28-17)14(9)15(8)16/h1-6H,(H,21,22,23)(H,24,25,26). The van der Waals surface area contributed by atoms with Gasteiger partial charge < -0.3 is 8.83 Å². The second-order valence-electron chi connectivity index (χ2n) is 6.55. The fourth-order valence-electron chi connectivity index (χ4n) is 3.63. The Morgan fingerprint density at radius 3 is 2.00 bits per heavy atom. The summed E-state index contributed by atoms with van der Waals surface area (Å²) in [7, 11) is -9.43. The van der Waals surface area contributed by atoms with Crippen LogP contribution in [0.5, 0.6) is 0 Å². The number of fused-ring (bicyclic) bond motifs is 2. The van der Waals surface area contributed by atoms with E-state index in [4.69, 9.17) is 4.42 Å². The van der Waals surface area contributed by atoms with Gasteiger partial charge in [0.1, 0.15) is 10.5 Å². The molecular formula is C18H8O10S2. The zero-order chi connectivity index (χ0) is 21.6. The lowest BCUT2D eigenvalue weighted by Crippen LogP contribution is -2.13. The average molecular weight is 448 g/mol. The normalized spacial score (nSPS) is 13.1. The Hall–Kier alpha value is -3.32. The van der Waals surface area contributed by atoms with Gasteiger partial charge in [0.25, 0.3) is 20.2 Å². The topological polar surface area (TPSA) is 169 Å². The molecule has 30 heavy (non-hydrogen) atoms. The molecule has 3 aromatic carbocycles. The quantitative estimate of drug-likeness (QED) is 0.232. The summed E-state index contributed by atoms with van der Waals surface area (Å²) in [6.45, 7) is 0. The van der Waals surface area contributed by atoms with Crippen molar-refractivity contribution in [1.29, 1.82) is 0 Å². The highest BCUT2D eigenvalue weighted by molar-refractivity contribution is 7.86. The molecule has 152 valence electrons. The van der Waals surface area contributed by atoms with Gasteiger partial charge in [-0.2, -0.15) is 16.8 Å². The lowest BCUT2D eigenvalue weighted by atomic mass is 9.97. The Labute approximate surface area is 165 Å². The van der Waals surface area contributed by atoms with E-state index in [1.165, 1.54) is 18.2 Å². The predicted molar refractivity (Wildman–Crippen MR) is 104 cm³/mol. The highest BCUT2D eigenvalue weighted by Gasteiger charge is 2.26. The first-order valence-electron chi connectivity index (χ1n) is 8.14. The molecule has 2 N–H and O–H groups in total. The van der Waals surface area contributed by atoms with Crippen molar-refractivity contribution in [3.05, 3.63) is 57.2 Å². The van der Waals surface area contributed by atoms with Crippen molar-refractivity contribution in [3.8, 4) is 0 Å². The molecule has 5 aromatic rings. The Bertz CT molecular complexity index is 1880. The van der Waals surface area contributed by atoms with Crippen LogP contribution in [0.1, 0.15) is 0 Å². The monoisotopic (exact) mass is 448 g/mol. The Morgan fingerprint density at radius 1 is 0.667 bits per heavy atom. The SMILES string of the molecule is O=c1oc(=O)c2cc(S(=O)(=O)O)c3oc4ccc(S(=O)(=O)O)cc4c4ccc1c2c34. The van der Waals surface area contributed by atoms with E-state index in [-0.39, 0.29) is 43.5 Å². The van der Waals surface area contributed by atoms with Crippen molar-refractivity contribution < 1.29 is 34.8 Å². The second kappa shape index (κ2) is 5.64. The molecule has 0 aliphatic rings. The summed E-state index contributed by atoms with van der Waals surface area (Å²) in [5.41, 5.74) is -2.36. The summed E-state index contributed by atoms with van der Waals surface area (Å²) in [5.74, 6) is 0. The van der Waals surface area contributed by atoms with Crippen molar-refractivity contribution in [2.45, 2.75) is 9.79 Å². The van der Waals surface area contributed by atoms with Crippen LogP contribution in [0.15, 0.2) is 64.6 Å². The summed E-state index contributed by atoms with van der Waals surface area (Å²) in [6.07, 6.45) is 0. The third kappa shape index (κ3) is 2.48. The van der Waals surface area contributed by atoms with E-state index in [9.17, 15) is 35.5 Å².